The lowest BCUT2D eigenvalue weighted by Gasteiger charge is -2.02. The number of carbonyl (C=O) groups is 2. The number of benzene rings is 2. The zero-order valence-corrected chi connectivity index (χ0v) is 20.0. The van der Waals surface area contributed by atoms with Crippen LogP contribution in [0.1, 0.15) is 56.3 Å². The number of aromatic nitrogens is 3. The van der Waals surface area contributed by atoms with Crippen LogP contribution in [0, 0.1) is 18.8 Å². The van der Waals surface area contributed by atoms with E-state index >= 15 is 0 Å². The van der Waals surface area contributed by atoms with Crippen LogP contribution in [0.5, 0.6) is 0 Å². The molecule has 170 valence electrons. The Balaban J connectivity index is 1.51. The molecule has 0 aliphatic heterocycles. The van der Waals surface area contributed by atoms with Crippen molar-refractivity contribution in [2.24, 2.45) is 0 Å². The Hall–Kier alpha value is -4.02. The number of aryl methyl sites for hydroxylation is 1. The van der Waals surface area contributed by atoms with Crippen LogP contribution in [0.2, 0.25) is 0 Å². The molecule has 0 fully saturated rings. The third kappa shape index (κ3) is 5.66. The standard InChI is InChI=1S/C27H23N3O3S/c1-4-33-27(32)24-14-28-30(15-24)16-26-29-25(17-34-26)23-12-18(2)11-21(13-23)6-5-20-7-9-22(10-8-20)19(3)31/h7-15,17H,4,16H2,1-3H3. The van der Waals surface area contributed by atoms with Crippen LogP contribution in [0.4, 0.5) is 0 Å². The van der Waals surface area contributed by atoms with Gasteiger partial charge in [-0.1, -0.05) is 24.0 Å². The highest BCUT2D eigenvalue weighted by Crippen LogP contribution is 2.25. The van der Waals surface area contributed by atoms with Crippen molar-refractivity contribution in [3.63, 3.8) is 0 Å². The van der Waals surface area contributed by atoms with E-state index in [1.54, 1.807) is 48.2 Å². The van der Waals surface area contributed by atoms with Gasteiger partial charge in [0.2, 0.25) is 0 Å². The predicted octanol–water partition coefficient (Wildman–Crippen LogP) is 5.14. The fourth-order valence-electron chi connectivity index (χ4n) is 3.36. The molecule has 0 spiro atoms. The molecule has 4 rings (SSSR count). The van der Waals surface area contributed by atoms with Crippen molar-refractivity contribution in [1.29, 1.82) is 0 Å². The first-order valence-electron chi connectivity index (χ1n) is 10.8. The van der Waals surface area contributed by atoms with Gasteiger partial charge in [0.05, 0.1) is 30.6 Å². The summed E-state index contributed by atoms with van der Waals surface area (Å²) < 4.78 is 6.69. The van der Waals surface area contributed by atoms with Gasteiger partial charge >= 0.3 is 5.97 Å². The van der Waals surface area contributed by atoms with Crippen LogP contribution in [0.25, 0.3) is 11.3 Å². The number of nitrogens with zero attached hydrogens (tertiary/aromatic N) is 3. The van der Waals surface area contributed by atoms with Crippen LogP contribution >= 0.6 is 11.3 Å². The molecule has 0 radical (unpaired) electrons. The van der Waals surface area contributed by atoms with Gasteiger partial charge < -0.3 is 4.74 Å². The molecule has 2 aromatic heterocycles. The second kappa shape index (κ2) is 10.3. The summed E-state index contributed by atoms with van der Waals surface area (Å²) in [5.74, 6) is 6.04. The van der Waals surface area contributed by atoms with Gasteiger partial charge in [-0.05, 0) is 56.7 Å². The molecule has 0 N–H and O–H groups in total. The lowest BCUT2D eigenvalue weighted by Crippen LogP contribution is -2.04. The largest absolute Gasteiger partial charge is 0.462 e. The van der Waals surface area contributed by atoms with E-state index < -0.39 is 0 Å². The highest BCUT2D eigenvalue weighted by atomic mass is 32.1. The molecule has 34 heavy (non-hydrogen) atoms. The number of carbonyl (C=O) groups excluding carboxylic acids is 2. The molecule has 0 aliphatic rings. The minimum absolute atomic E-state index is 0.0393. The first kappa shape index (κ1) is 23.1. The SMILES string of the molecule is CCOC(=O)c1cnn(Cc2nc(-c3cc(C)cc(C#Cc4ccc(C(C)=O)cc4)c3)cs2)c1. The van der Waals surface area contributed by atoms with E-state index in [9.17, 15) is 9.59 Å². The topological polar surface area (TPSA) is 74.1 Å². The predicted molar refractivity (Wildman–Crippen MR) is 132 cm³/mol. The summed E-state index contributed by atoms with van der Waals surface area (Å²) in [7, 11) is 0. The van der Waals surface area contributed by atoms with E-state index in [0.717, 1.165) is 33.0 Å². The summed E-state index contributed by atoms with van der Waals surface area (Å²) in [6.07, 6.45) is 3.17. The molecular formula is C27H23N3O3S. The van der Waals surface area contributed by atoms with Gasteiger partial charge in [0.25, 0.3) is 0 Å². The molecule has 0 amide bonds. The molecule has 0 unspecified atom stereocenters. The molecular weight excluding hydrogens is 446 g/mol. The van der Waals surface area contributed by atoms with Gasteiger partial charge in [-0.25, -0.2) is 9.78 Å². The van der Waals surface area contributed by atoms with Crippen molar-refractivity contribution in [3.8, 4) is 23.1 Å². The van der Waals surface area contributed by atoms with E-state index in [1.165, 1.54) is 6.20 Å². The number of hydrogen-bond donors (Lipinski definition) is 0. The van der Waals surface area contributed by atoms with E-state index in [-0.39, 0.29) is 11.8 Å². The number of thiazole rings is 1. The normalized spacial score (nSPS) is 10.4. The van der Waals surface area contributed by atoms with Crippen molar-refractivity contribution in [3.05, 3.63) is 93.1 Å². The van der Waals surface area contributed by atoms with Crippen LogP contribution in [-0.2, 0) is 11.3 Å². The lowest BCUT2D eigenvalue weighted by atomic mass is 10.0. The Bertz CT molecular complexity index is 1400. The number of Topliss-reactive ketones (excluding diaryl/α,β-unsaturated/α-hetero) is 1. The van der Waals surface area contributed by atoms with Crippen molar-refractivity contribution < 1.29 is 14.3 Å². The Morgan fingerprint density at radius 3 is 2.56 bits per heavy atom. The molecule has 2 aromatic carbocycles. The second-order valence-corrected chi connectivity index (χ2v) is 8.69. The van der Waals surface area contributed by atoms with E-state index in [0.29, 0.717) is 24.3 Å². The zero-order chi connectivity index (χ0) is 24.1. The first-order valence-corrected chi connectivity index (χ1v) is 11.7. The average Bonchev–Trinajstić information content (AvgIpc) is 3.48. The first-order chi connectivity index (χ1) is 16.4. The average molecular weight is 470 g/mol. The molecule has 7 heteroatoms. The smallest absolute Gasteiger partial charge is 0.341 e. The van der Waals surface area contributed by atoms with Gasteiger partial charge in [0.1, 0.15) is 5.01 Å². The molecule has 0 bridgehead atoms. The molecule has 0 aliphatic carbocycles. The highest BCUT2D eigenvalue weighted by molar-refractivity contribution is 7.09. The summed E-state index contributed by atoms with van der Waals surface area (Å²) in [6.45, 7) is 6.15. The molecule has 2 heterocycles. The van der Waals surface area contributed by atoms with E-state index in [2.05, 4.69) is 23.0 Å². The number of ether oxygens (including phenoxy) is 1. The molecule has 0 atom stereocenters. The van der Waals surface area contributed by atoms with Gasteiger partial charge in [0, 0.05) is 33.8 Å². The third-order valence-corrected chi connectivity index (χ3v) is 5.84. The molecule has 6 nitrogen and oxygen atoms in total. The third-order valence-electron chi connectivity index (χ3n) is 5.01. The summed E-state index contributed by atoms with van der Waals surface area (Å²) in [5, 5.41) is 7.13. The van der Waals surface area contributed by atoms with Crippen LogP contribution in [0.3, 0.4) is 0 Å². The van der Waals surface area contributed by atoms with Gasteiger partial charge in [0.15, 0.2) is 5.78 Å². The minimum atomic E-state index is -0.378. The van der Waals surface area contributed by atoms with Crippen LogP contribution in [-0.4, -0.2) is 33.1 Å². The van der Waals surface area contributed by atoms with E-state index in [1.807, 2.05) is 36.6 Å². The Labute approximate surface area is 202 Å². The van der Waals surface area contributed by atoms with Gasteiger partial charge in [-0.2, -0.15) is 5.10 Å². The fraction of sp³-hybridized carbons (Fsp3) is 0.185. The maximum Gasteiger partial charge on any atom is 0.341 e. The van der Waals surface area contributed by atoms with Crippen LogP contribution in [0.15, 0.2) is 60.2 Å². The summed E-state index contributed by atoms with van der Waals surface area (Å²) in [4.78, 5) is 28.0. The minimum Gasteiger partial charge on any atom is -0.462 e. The Morgan fingerprint density at radius 2 is 1.82 bits per heavy atom. The van der Waals surface area contributed by atoms with Crippen molar-refractivity contribution in [1.82, 2.24) is 14.8 Å². The number of esters is 1. The number of hydrogen-bond acceptors (Lipinski definition) is 6. The molecule has 0 saturated heterocycles. The van der Waals surface area contributed by atoms with Crippen molar-refractivity contribution in [2.45, 2.75) is 27.3 Å². The summed E-state index contributed by atoms with van der Waals surface area (Å²) in [5.41, 5.74) is 5.80. The second-order valence-electron chi connectivity index (χ2n) is 7.74. The number of ketones is 1. The number of rotatable bonds is 6. The van der Waals surface area contributed by atoms with Crippen LogP contribution < -0.4 is 0 Å². The fourth-order valence-corrected chi connectivity index (χ4v) is 4.15. The summed E-state index contributed by atoms with van der Waals surface area (Å²) in [6, 6.07) is 13.4. The Morgan fingerprint density at radius 1 is 1.06 bits per heavy atom. The van der Waals surface area contributed by atoms with E-state index in [4.69, 9.17) is 9.72 Å². The maximum atomic E-state index is 11.8. The van der Waals surface area contributed by atoms with Gasteiger partial charge in [-0.15, -0.1) is 11.3 Å². The molecule has 0 saturated carbocycles. The summed E-state index contributed by atoms with van der Waals surface area (Å²) >= 11 is 1.54. The highest BCUT2D eigenvalue weighted by Gasteiger charge is 2.11. The lowest BCUT2D eigenvalue weighted by molar-refractivity contribution is 0.0526. The maximum absolute atomic E-state index is 11.8. The van der Waals surface area contributed by atoms with Crippen molar-refractivity contribution >= 4 is 23.1 Å². The quantitative estimate of drug-likeness (QED) is 0.222. The Kier molecular flexibility index (Phi) is 7.00. The molecule has 4 aromatic rings. The van der Waals surface area contributed by atoms with Crippen molar-refractivity contribution in [2.75, 3.05) is 6.61 Å². The monoisotopic (exact) mass is 469 g/mol. The zero-order valence-electron chi connectivity index (χ0n) is 19.2. The van der Waals surface area contributed by atoms with Gasteiger partial charge in [-0.3, -0.25) is 9.48 Å².